The Morgan fingerprint density at radius 1 is 0.774 bits per heavy atom. The van der Waals surface area contributed by atoms with Crippen LogP contribution in [0.3, 0.4) is 0 Å². The predicted octanol–water partition coefficient (Wildman–Crippen LogP) is 7.02. The molecule has 0 radical (unpaired) electrons. The molecule has 0 unspecified atom stereocenters. The van der Waals surface area contributed by atoms with Gasteiger partial charge in [0.2, 0.25) is 0 Å². The quantitative estimate of drug-likeness (QED) is 0.441. The van der Waals surface area contributed by atoms with Gasteiger partial charge in [0.15, 0.2) is 5.84 Å². The van der Waals surface area contributed by atoms with Crippen molar-refractivity contribution in [2.75, 3.05) is 18.0 Å². The van der Waals surface area contributed by atoms with Gasteiger partial charge in [-0.15, -0.1) is 10.2 Å². The first-order valence-electron chi connectivity index (χ1n) is 10.3. The van der Waals surface area contributed by atoms with Crippen LogP contribution >= 0.6 is 0 Å². The second kappa shape index (κ2) is 9.30. The van der Waals surface area contributed by atoms with Gasteiger partial charge >= 0.3 is 0 Å². The number of phenolic OH excluding ortho intramolecular Hbond substituents is 1. The minimum atomic E-state index is 0.233. The average molecular weight is 412 g/mol. The highest BCUT2D eigenvalue weighted by molar-refractivity contribution is 5.92. The number of amidine groups is 1. The molecule has 0 saturated heterocycles. The lowest BCUT2D eigenvalue weighted by atomic mass is 10.1. The van der Waals surface area contributed by atoms with Crippen LogP contribution in [0.1, 0.15) is 19.4 Å². The van der Waals surface area contributed by atoms with Gasteiger partial charge in [-0.3, -0.25) is 0 Å². The van der Waals surface area contributed by atoms with E-state index in [1.165, 1.54) is 5.69 Å². The fourth-order valence-corrected chi connectivity index (χ4v) is 3.36. The van der Waals surface area contributed by atoms with Crippen molar-refractivity contribution >= 4 is 34.3 Å². The smallest absolute Gasteiger partial charge is 0.156 e. The van der Waals surface area contributed by atoms with Crippen LogP contribution in [0, 0.1) is 0 Å². The Hall–Kier alpha value is -3.87. The van der Waals surface area contributed by atoms with Crippen LogP contribution in [0.25, 0.3) is 0 Å². The summed E-state index contributed by atoms with van der Waals surface area (Å²) in [7, 11) is 0. The molecule has 0 aliphatic carbocycles. The SMILES string of the molecule is CCN(CC)c1ccc(N=Nc2ccc(N=NC3=Nc4ccc(O)cc4C3)cc2)cc1. The Bertz CT molecular complexity index is 1130. The van der Waals surface area contributed by atoms with E-state index in [0.29, 0.717) is 17.9 Å². The monoisotopic (exact) mass is 412 g/mol. The largest absolute Gasteiger partial charge is 0.508 e. The third-order valence-electron chi connectivity index (χ3n) is 5.05. The standard InChI is InChI=1S/C24H24N6O/c1-3-30(4-2)21-11-9-20(10-12-21)27-26-18-5-7-19(8-6-18)28-29-24-16-17-15-22(31)13-14-23(17)25-24/h5-15,31H,3-4,16H2,1-2H3. The fourth-order valence-electron chi connectivity index (χ4n) is 3.36. The van der Waals surface area contributed by atoms with E-state index in [1.54, 1.807) is 18.2 Å². The summed E-state index contributed by atoms with van der Waals surface area (Å²) < 4.78 is 0. The molecule has 7 nitrogen and oxygen atoms in total. The number of nitrogens with zero attached hydrogens (tertiary/aromatic N) is 6. The molecular formula is C24H24N6O. The molecule has 3 aromatic carbocycles. The average Bonchev–Trinajstić information content (AvgIpc) is 3.20. The number of fused-ring (bicyclic) bond motifs is 1. The van der Waals surface area contributed by atoms with Crippen LogP contribution in [0.2, 0.25) is 0 Å². The number of azo groups is 2. The summed E-state index contributed by atoms with van der Waals surface area (Å²) in [6.45, 7) is 6.24. The highest BCUT2D eigenvalue weighted by Crippen LogP contribution is 2.30. The second-order valence-corrected chi connectivity index (χ2v) is 7.12. The Kier molecular flexibility index (Phi) is 6.12. The van der Waals surface area contributed by atoms with Gasteiger partial charge in [0.25, 0.3) is 0 Å². The van der Waals surface area contributed by atoms with E-state index in [-0.39, 0.29) is 5.75 Å². The van der Waals surface area contributed by atoms with Gasteiger partial charge in [0.05, 0.1) is 22.7 Å². The maximum atomic E-state index is 9.56. The highest BCUT2D eigenvalue weighted by atomic mass is 16.3. The van der Waals surface area contributed by atoms with Crippen molar-refractivity contribution in [3.8, 4) is 5.75 Å². The van der Waals surface area contributed by atoms with E-state index in [4.69, 9.17) is 0 Å². The van der Waals surface area contributed by atoms with E-state index < -0.39 is 0 Å². The molecule has 3 aromatic rings. The molecule has 1 aliphatic rings. The Morgan fingerprint density at radius 2 is 1.32 bits per heavy atom. The number of benzene rings is 3. The normalized spacial score (nSPS) is 13.0. The number of hydrogen-bond acceptors (Lipinski definition) is 7. The number of hydrogen-bond donors (Lipinski definition) is 1. The van der Waals surface area contributed by atoms with Crippen molar-refractivity contribution in [3.63, 3.8) is 0 Å². The number of aromatic hydroxyl groups is 1. The Labute approximate surface area is 181 Å². The van der Waals surface area contributed by atoms with Crippen molar-refractivity contribution < 1.29 is 5.11 Å². The number of rotatable bonds is 6. The molecule has 0 saturated carbocycles. The summed E-state index contributed by atoms with van der Waals surface area (Å²) in [5.74, 6) is 0.856. The molecule has 31 heavy (non-hydrogen) atoms. The Morgan fingerprint density at radius 3 is 1.90 bits per heavy atom. The van der Waals surface area contributed by atoms with Gasteiger partial charge < -0.3 is 10.0 Å². The summed E-state index contributed by atoms with van der Waals surface area (Å²) in [4.78, 5) is 6.71. The van der Waals surface area contributed by atoms with Gasteiger partial charge in [0, 0.05) is 25.2 Å². The van der Waals surface area contributed by atoms with Crippen LogP contribution in [0.15, 0.2) is 92.2 Å². The van der Waals surface area contributed by atoms with Crippen LogP contribution in [0.5, 0.6) is 5.75 Å². The molecule has 7 heteroatoms. The molecule has 0 fully saturated rings. The second-order valence-electron chi connectivity index (χ2n) is 7.12. The number of phenols is 1. The lowest BCUT2D eigenvalue weighted by Gasteiger charge is -2.20. The third-order valence-corrected chi connectivity index (χ3v) is 5.05. The van der Waals surface area contributed by atoms with Crippen molar-refractivity contribution in [1.82, 2.24) is 0 Å². The number of aliphatic imine (C=N–C) groups is 1. The molecule has 0 atom stereocenters. The van der Waals surface area contributed by atoms with Gasteiger partial charge in [-0.25, -0.2) is 4.99 Å². The van der Waals surface area contributed by atoms with E-state index in [2.05, 4.69) is 56.3 Å². The molecule has 0 aromatic heterocycles. The molecular weight excluding hydrogens is 388 g/mol. The van der Waals surface area contributed by atoms with Crippen molar-refractivity contribution in [2.24, 2.45) is 25.4 Å². The van der Waals surface area contributed by atoms with Gasteiger partial charge in [0.1, 0.15) is 5.75 Å². The van der Waals surface area contributed by atoms with Gasteiger partial charge in [-0.1, -0.05) is 0 Å². The number of anilines is 1. The molecule has 1 heterocycles. The van der Waals surface area contributed by atoms with Crippen LogP contribution < -0.4 is 4.90 Å². The van der Waals surface area contributed by atoms with Gasteiger partial charge in [-0.2, -0.15) is 10.2 Å². The molecule has 0 amide bonds. The van der Waals surface area contributed by atoms with Crippen molar-refractivity contribution in [2.45, 2.75) is 20.3 Å². The fraction of sp³-hybridized carbons (Fsp3) is 0.208. The van der Waals surface area contributed by atoms with Crippen molar-refractivity contribution in [3.05, 3.63) is 72.3 Å². The highest BCUT2D eigenvalue weighted by Gasteiger charge is 2.14. The third kappa shape index (κ3) is 5.01. The van der Waals surface area contributed by atoms with Crippen LogP contribution in [-0.2, 0) is 6.42 Å². The van der Waals surface area contributed by atoms with E-state index in [1.807, 2.05) is 36.4 Å². The molecule has 1 aliphatic heterocycles. The molecule has 156 valence electrons. The molecule has 0 bridgehead atoms. The lowest BCUT2D eigenvalue weighted by molar-refractivity contribution is 0.475. The van der Waals surface area contributed by atoms with Crippen molar-refractivity contribution in [1.29, 1.82) is 0 Å². The summed E-state index contributed by atoms with van der Waals surface area (Å²) in [6.07, 6.45) is 0.562. The molecule has 1 N–H and O–H groups in total. The molecule has 4 rings (SSSR count). The zero-order chi connectivity index (χ0) is 21.6. The summed E-state index contributed by atoms with van der Waals surface area (Å²) in [6, 6.07) is 20.6. The van der Waals surface area contributed by atoms with Gasteiger partial charge in [-0.05, 0) is 86.1 Å². The maximum absolute atomic E-state index is 9.56. The van der Waals surface area contributed by atoms with Crippen LogP contribution in [0.4, 0.5) is 28.4 Å². The minimum Gasteiger partial charge on any atom is -0.508 e. The predicted molar refractivity (Wildman–Crippen MR) is 124 cm³/mol. The zero-order valence-electron chi connectivity index (χ0n) is 17.6. The first-order valence-corrected chi connectivity index (χ1v) is 10.3. The molecule has 0 spiro atoms. The summed E-state index contributed by atoms with van der Waals surface area (Å²) in [5, 5.41) is 26.7. The summed E-state index contributed by atoms with van der Waals surface area (Å²) in [5.41, 5.74) is 5.23. The first-order chi connectivity index (χ1) is 15.1. The lowest BCUT2D eigenvalue weighted by Crippen LogP contribution is -2.21. The maximum Gasteiger partial charge on any atom is 0.156 e. The minimum absolute atomic E-state index is 0.233. The first kappa shape index (κ1) is 20.4. The summed E-state index contributed by atoms with van der Waals surface area (Å²) >= 11 is 0. The van der Waals surface area contributed by atoms with E-state index in [0.717, 1.165) is 35.7 Å². The zero-order valence-corrected chi connectivity index (χ0v) is 17.6. The van der Waals surface area contributed by atoms with E-state index >= 15 is 0 Å². The topological polar surface area (TPSA) is 85.3 Å². The Balaban J connectivity index is 1.37. The van der Waals surface area contributed by atoms with E-state index in [9.17, 15) is 5.11 Å². The van der Waals surface area contributed by atoms with Crippen LogP contribution in [-0.4, -0.2) is 24.0 Å².